The van der Waals surface area contributed by atoms with Gasteiger partial charge in [-0.15, -0.1) is 0 Å². The summed E-state index contributed by atoms with van der Waals surface area (Å²) < 4.78 is 1.49. The summed E-state index contributed by atoms with van der Waals surface area (Å²) >= 11 is 0. The highest BCUT2D eigenvalue weighted by Crippen LogP contribution is 2.17. The Morgan fingerprint density at radius 2 is 1.81 bits per heavy atom. The summed E-state index contributed by atoms with van der Waals surface area (Å²) in [6, 6.07) is 7.47. The molecule has 0 unspecified atom stereocenters. The van der Waals surface area contributed by atoms with Crippen molar-refractivity contribution < 1.29 is 9.59 Å². The van der Waals surface area contributed by atoms with Crippen molar-refractivity contribution in [3.05, 3.63) is 48.5 Å². The van der Waals surface area contributed by atoms with Crippen LogP contribution in [0.1, 0.15) is 10.4 Å². The second kappa shape index (κ2) is 5.78. The van der Waals surface area contributed by atoms with Crippen molar-refractivity contribution in [1.82, 2.24) is 14.5 Å². The van der Waals surface area contributed by atoms with E-state index in [2.05, 4.69) is 9.88 Å². The Hall–Kier alpha value is -2.63. The molecule has 0 radical (unpaired) electrons. The van der Waals surface area contributed by atoms with Crippen molar-refractivity contribution in [2.24, 2.45) is 0 Å². The van der Waals surface area contributed by atoms with Crippen LogP contribution in [0.3, 0.4) is 0 Å². The molecule has 3 rings (SSSR count). The van der Waals surface area contributed by atoms with Crippen LogP contribution in [0.4, 0.5) is 10.5 Å². The van der Waals surface area contributed by atoms with E-state index in [1.54, 1.807) is 12.4 Å². The standard InChI is InChI=1S/C15H16N4O2/c20-11-13-1-3-14(4-2-13)17-7-9-18(10-8-17)15(21)19-6-5-16-12-19/h1-6,11-12H,7-10H2. The van der Waals surface area contributed by atoms with Crippen LogP contribution >= 0.6 is 0 Å². The summed E-state index contributed by atoms with van der Waals surface area (Å²) in [7, 11) is 0. The minimum absolute atomic E-state index is 0.0385. The molecule has 1 amide bonds. The fraction of sp³-hybridized carbons (Fsp3) is 0.267. The summed E-state index contributed by atoms with van der Waals surface area (Å²) in [6.07, 6.45) is 5.62. The zero-order chi connectivity index (χ0) is 14.7. The number of nitrogens with zero attached hydrogens (tertiary/aromatic N) is 4. The molecule has 1 aliphatic heterocycles. The van der Waals surface area contributed by atoms with Crippen LogP contribution in [-0.4, -0.2) is 52.9 Å². The molecule has 0 saturated carbocycles. The van der Waals surface area contributed by atoms with Crippen molar-refractivity contribution >= 4 is 18.0 Å². The summed E-state index contributed by atoms with van der Waals surface area (Å²) in [4.78, 5) is 30.8. The maximum absolute atomic E-state index is 12.2. The summed E-state index contributed by atoms with van der Waals surface area (Å²) in [5, 5.41) is 0. The molecule has 1 aliphatic rings. The molecule has 2 heterocycles. The summed E-state index contributed by atoms with van der Waals surface area (Å²) in [5.74, 6) is 0. The van der Waals surface area contributed by atoms with Crippen LogP contribution in [-0.2, 0) is 0 Å². The lowest BCUT2D eigenvalue weighted by molar-refractivity contribution is 0.112. The van der Waals surface area contributed by atoms with Gasteiger partial charge in [0, 0.05) is 49.8 Å². The van der Waals surface area contributed by atoms with Crippen LogP contribution in [0.2, 0.25) is 0 Å². The highest BCUT2D eigenvalue weighted by Gasteiger charge is 2.22. The number of anilines is 1. The largest absolute Gasteiger partial charge is 0.368 e. The van der Waals surface area contributed by atoms with E-state index in [1.165, 1.54) is 10.9 Å². The Kier molecular flexibility index (Phi) is 3.68. The quantitative estimate of drug-likeness (QED) is 0.784. The first kappa shape index (κ1) is 13.4. The van der Waals surface area contributed by atoms with Crippen LogP contribution < -0.4 is 4.90 Å². The number of carbonyl (C=O) groups is 2. The van der Waals surface area contributed by atoms with E-state index in [0.717, 1.165) is 25.1 Å². The van der Waals surface area contributed by atoms with Crippen LogP contribution in [0.15, 0.2) is 43.0 Å². The van der Waals surface area contributed by atoms with Gasteiger partial charge in [-0.2, -0.15) is 0 Å². The van der Waals surface area contributed by atoms with Crippen LogP contribution in [0.25, 0.3) is 0 Å². The van der Waals surface area contributed by atoms with Gasteiger partial charge >= 0.3 is 6.03 Å². The average Bonchev–Trinajstić information content (AvgIpc) is 3.09. The number of piperazine rings is 1. The Balaban J connectivity index is 1.62. The molecule has 1 fully saturated rings. The molecular weight excluding hydrogens is 268 g/mol. The van der Waals surface area contributed by atoms with Gasteiger partial charge in [0.1, 0.15) is 12.6 Å². The average molecular weight is 284 g/mol. The van der Waals surface area contributed by atoms with Gasteiger partial charge in [0.15, 0.2) is 0 Å². The van der Waals surface area contributed by atoms with Gasteiger partial charge < -0.3 is 9.80 Å². The lowest BCUT2D eigenvalue weighted by Crippen LogP contribution is -2.49. The number of imidazole rings is 1. The van der Waals surface area contributed by atoms with E-state index in [-0.39, 0.29) is 6.03 Å². The van der Waals surface area contributed by atoms with E-state index in [0.29, 0.717) is 18.7 Å². The van der Waals surface area contributed by atoms with Gasteiger partial charge in [0.2, 0.25) is 0 Å². The molecule has 1 aromatic carbocycles. The highest BCUT2D eigenvalue weighted by atomic mass is 16.2. The highest BCUT2D eigenvalue weighted by molar-refractivity contribution is 5.77. The smallest absolute Gasteiger partial charge is 0.329 e. The van der Waals surface area contributed by atoms with Crippen LogP contribution in [0, 0.1) is 0 Å². The predicted octanol–water partition coefficient (Wildman–Crippen LogP) is 1.49. The Morgan fingerprint density at radius 1 is 1.10 bits per heavy atom. The third kappa shape index (κ3) is 2.79. The van der Waals surface area contributed by atoms with Gasteiger partial charge in [-0.3, -0.25) is 9.36 Å². The molecular formula is C15H16N4O2. The molecule has 108 valence electrons. The van der Waals surface area contributed by atoms with Gasteiger partial charge in [0.05, 0.1) is 0 Å². The monoisotopic (exact) mass is 284 g/mol. The second-order valence-corrected chi connectivity index (χ2v) is 4.94. The Labute approximate surface area is 122 Å². The molecule has 6 nitrogen and oxygen atoms in total. The van der Waals surface area contributed by atoms with Gasteiger partial charge in [-0.1, -0.05) is 0 Å². The van der Waals surface area contributed by atoms with Gasteiger partial charge in [-0.05, 0) is 24.3 Å². The first-order chi connectivity index (χ1) is 10.3. The molecule has 1 saturated heterocycles. The number of carbonyl (C=O) groups excluding carboxylic acids is 2. The zero-order valence-electron chi connectivity index (χ0n) is 11.6. The molecule has 1 aromatic heterocycles. The lowest BCUT2D eigenvalue weighted by Gasteiger charge is -2.36. The topological polar surface area (TPSA) is 58.4 Å². The maximum atomic E-state index is 12.2. The Morgan fingerprint density at radius 3 is 2.38 bits per heavy atom. The third-order valence-electron chi connectivity index (χ3n) is 3.67. The van der Waals surface area contributed by atoms with Crippen molar-refractivity contribution in [1.29, 1.82) is 0 Å². The minimum Gasteiger partial charge on any atom is -0.368 e. The number of aldehydes is 1. The molecule has 21 heavy (non-hydrogen) atoms. The Bertz CT molecular complexity index is 614. The fourth-order valence-electron chi connectivity index (χ4n) is 2.46. The number of benzene rings is 1. The van der Waals surface area contributed by atoms with Crippen molar-refractivity contribution in [2.45, 2.75) is 0 Å². The van der Waals surface area contributed by atoms with E-state index in [4.69, 9.17) is 0 Å². The minimum atomic E-state index is -0.0385. The second-order valence-electron chi connectivity index (χ2n) is 4.94. The summed E-state index contributed by atoms with van der Waals surface area (Å²) in [5.41, 5.74) is 1.75. The van der Waals surface area contributed by atoms with Crippen molar-refractivity contribution in [3.63, 3.8) is 0 Å². The number of aromatic nitrogens is 2. The normalized spacial score (nSPS) is 15.0. The lowest BCUT2D eigenvalue weighted by atomic mass is 10.2. The van der Waals surface area contributed by atoms with E-state index in [9.17, 15) is 9.59 Å². The van der Waals surface area contributed by atoms with E-state index >= 15 is 0 Å². The first-order valence-electron chi connectivity index (χ1n) is 6.85. The van der Waals surface area contributed by atoms with E-state index < -0.39 is 0 Å². The molecule has 0 aliphatic carbocycles. The molecule has 2 aromatic rings. The number of hydrogen-bond donors (Lipinski definition) is 0. The molecule has 0 spiro atoms. The summed E-state index contributed by atoms with van der Waals surface area (Å²) in [6.45, 7) is 2.90. The molecule has 0 N–H and O–H groups in total. The predicted molar refractivity (Wildman–Crippen MR) is 78.6 cm³/mol. The number of rotatable bonds is 2. The van der Waals surface area contributed by atoms with Gasteiger partial charge in [0.25, 0.3) is 0 Å². The maximum Gasteiger partial charge on any atom is 0.329 e. The fourth-order valence-corrected chi connectivity index (χ4v) is 2.46. The van der Waals surface area contributed by atoms with Gasteiger partial charge in [-0.25, -0.2) is 9.78 Å². The van der Waals surface area contributed by atoms with Crippen LogP contribution in [0.5, 0.6) is 0 Å². The van der Waals surface area contributed by atoms with Crippen molar-refractivity contribution in [2.75, 3.05) is 31.1 Å². The SMILES string of the molecule is O=Cc1ccc(N2CCN(C(=O)n3ccnc3)CC2)cc1. The first-order valence-corrected chi connectivity index (χ1v) is 6.85. The third-order valence-corrected chi connectivity index (χ3v) is 3.67. The molecule has 0 atom stereocenters. The van der Waals surface area contributed by atoms with E-state index in [1.807, 2.05) is 29.2 Å². The number of hydrogen-bond acceptors (Lipinski definition) is 4. The number of amides is 1. The molecule has 0 bridgehead atoms. The van der Waals surface area contributed by atoms with Crippen molar-refractivity contribution in [3.8, 4) is 0 Å². The molecule has 6 heteroatoms. The zero-order valence-corrected chi connectivity index (χ0v) is 11.6.